The lowest BCUT2D eigenvalue weighted by Gasteiger charge is -2.33. The fraction of sp³-hybridized carbons (Fsp3) is 0.571. The number of carbonyl (C=O) groups excluding carboxylic acids is 1. The van der Waals surface area contributed by atoms with E-state index >= 15 is 0 Å². The van der Waals surface area contributed by atoms with E-state index in [0.29, 0.717) is 0 Å². The summed E-state index contributed by atoms with van der Waals surface area (Å²) in [4.78, 5) is 14.2. The molecule has 1 atom stereocenters. The van der Waals surface area contributed by atoms with Crippen molar-refractivity contribution in [2.24, 2.45) is 7.05 Å². The average molecular weight is 342 g/mol. The number of amides is 1. The van der Waals surface area contributed by atoms with Gasteiger partial charge in [0.2, 0.25) is 5.82 Å². The summed E-state index contributed by atoms with van der Waals surface area (Å²) < 4.78 is 41.4. The number of halogens is 3. The Hall–Kier alpha value is -2.39. The number of aromatic nitrogens is 5. The molecule has 0 N–H and O–H groups in total. The Morgan fingerprint density at radius 3 is 2.62 bits per heavy atom. The molecule has 2 aromatic heterocycles. The van der Waals surface area contributed by atoms with Gasteiger partial charge >= 0.3 is 6.18 Å². The van der Waals surface area contributed by atoms with Crippen LogP contribution in [0.2, 0.25) is 0 Å². The molecule has 7 nitrogen and oxygen atoms in total. The van der Waals surface area contributed by atoms with Crippen LogP contribution in [0.15, 0.2) is 6.07 Å². The summed E-state index contributed by atoms with van der Waals surface area (Å²) in [6.07, 6.45) is -3.83. The predicted octanol–water partition coefficient (Wildman–Crippen LogP) is 1.81. The molecule has 0 spiro atoms. The molecule has 1 aliphatic heterocycles. The van der Waals surface area contributed by atoms with Crippen LogP contribution < -0.4 is 0 Å². The first-order valence-electron chi connectivity index (χ1n) is 7.58. The van der Waals surface area contributed by atoms with Crippen molar-refractivity contribution in [1.82, 2.24) is 29.4 Å². The second kappa shape index (κ2) is 5.60. The van der Waals surface area contributed by atoms with Gasteiger partial charge < -0.3 is 9.47 Å². The van der Waals surface area contributed by atoms with Crippen LogP contribution in [0.25, 0.3) is 0 Å². The Labute approximate surface area is 136 Å². The lowest BCUT2D eigenvalue weighted by atomic mass is 10.2. The predicted molar refractivity (Wildman–Crippen MR) is 77.1 cm³/mol. The third-order valence-corrected chi connectivity index (χ3v) is 4.26. The highest BCUT2D eigenvalue weighted by Crippen LogP contribution is 2.33. The lowest BCUT2D eigenvalue weighted by molar-refractivity contribution is -0.148. The van der Waals surface area contributed by atoms with Gasteiger partial charge in [0.1, 0.15) is 0 Å². The Morgan fingerprint density at radius 2 is 2.04 bits per heavy atom. The van der Waals surface area contributed by atoms with E-state index in [1.165, 1.54) is 4.90 Å². The molecule has 0 radical (unpaired) electrons. The van der Waals surface area contributed by atoms with Crippen molar-refractivity contribution in [1.29, 1.82) is 0 Å². The second-order valence-corrected chi connectivity index (χ2v) is 5.70. The average Bonchev–Trinajstić information content (AvgIpc) is 3.10. The van der Waals surface area contributed by atoms with Crippen molar-refractivity contribution >= 4 is 5.91 Å². The summed E-state index contributed by atoms with van der Waals surface area (Å²) in [5, 5.41) is 11.1. The number of hydrogen-bond donors (Lipinski definition) is 0. The van der Waals surface area contributed by atoms with E-state index in [1.54, 1.807) is 24.7 Å². The van der Waals surface area contributed by atoms with Gasteiger partial charge in [0.05, 0.1) is 6.04 Å². The molecule has 3 rings (SSSR count). The molecule has 0 saturated heterocycles. The van der Waals surface area contributed by atoms with Gasteiger partial charge in [-0.1, -0.05) is 6.92 Å². The van der Waals surface area contributed by atoms with Gasteiger partial charge in [0.25, 0.3) is 5.91 Å². The summed E-state index contributed by atoms with van der Waals surface area (Å²) >= 11 is 0. The second-order valence-electron chi connectivity index (χ2n) is 5.70. The van der Waals surface area contributed by atoms with E-state index in [1.807, 2.05) is 6.92 Å². The molecule has 1 aliphatic rings. The topological polar surface area (TPSA) is 68.8 Å². The Kier molecular flexibility index (Phi) is 3.84. The molecule has 130 valence electrons. The van der Waals surface area contributed by atoms with Crippen molar-refractivity contribution in [3.63, 3.8) is 0 Å². The summed E-state index contributed by atoms with van der Waals surface area (Å²) in [7, 11) is 1.75. The van der Waals surface area contributed by atoms with Gasteiger partial charge in [0.15, 0.2) is 11.5 Å². The molecule has 1 unspecified atom stereocenters. The zero-order valence-corrected chi connectivity index (χ0v) is 13.5. The van der Waals surface area contributed by atoms with Crippen LogP contribution in [0.1, 0.15) is 47.7 Å². The number of aryl methyl sites for hydroxylation is 2. The van der Waals surface area contributed by atoms with Crippen LogP contribution >= 0.6 is 0 Å². The molecule has 1 amide bonds. The minimum Gasteiger partial charge on any atom is -0.325 e. The van der Waals surface area contributed by atoms with Gasteiger partial charge in [0, 0.05) is 25.8 Å². The van der Waals surface area contributed by atoms with Gasteiger partial charge in [-0.25, -0.2) is 0 Å². The quantitative estimate of drug-likeness (QED) is 0.835. The van der Waals surface area contributed by atoms with E-state index in [-0.39, 0.29) is 30.5 Å². The summed E-state index contributed by atoms with van der Waals surface area (Å²) in [5.41, 5.74) is 1.19. The van der Waals surface area contributed by atoms with Crippen LogP contribution in [0.5, 0.6) is 0 Å². The van der Waals surface area contributed by atoms with Gasteiger partial charge in [-0.15, -0.1) is 10.2 Å². The highest BCUT2D eigenvalue weighted by atomic mass is 19.4. The minimum atomic E-state index is -4.56. The molecule has 2 aromatic rings. The Balaban J connectivity index is 1.89. The zero-order chi connectivity index (χ0) is 17.6. The molecule has 0 bridgehead atoms. The highest BCUT2D eigenvalue weighted by Gasteiger charge is 2.42. The Bertz CT molecular complexity index is 778. The van der Waals surface area contributed by atoms with E-state index in [9.17, 15) is 18.0 Å². The molecular weight excluding hydrogens is 325 g/mol. The van der Waals surface area contributed by atoms with Crippen LogP contribution in [-0.2, 0) is 26.2 Å². The van der Waals surface area contributed by atoms with E-state index in [4.69, 9.17) is 0 Å². The molecular formula is C14H17F3N6O. The maximum atomic E-state index is 12.9. The van der Waals surface area contributed by atoms with Crippen LogP contribution in [0, 0.1) is 0 Å². The van der Waals surface area contributed by atoms with Crippen molar-refractivity contribution in [2.45, 2.75) is 39.0 Å². The number of hydrogen-bond acceptors (Lipinski definition) is 4. The minimum absolute atomic E-state index is 0.000719. The fourth-order valence-corrected chi connectivity index (χ4v) is 2.96. The van der Waals surface area contributed by atoms with Gasteiger partial charge in [-0.3, -0.25) is 9.48 Å². The molecule has 24 heavy (non-hydrogen) atoms. The normalized spacial score (nSPS) is 17.9. The number of fused-ring (bicyclic) bond motifs is 1. The third kappa shape index (κ3) is 2.55. The highest BCUT2D eigenvalue weighted by molar-refractivity contribution is 5.92. The first-order chi connectivity index (χ1) is 11.2. The van der Waals surface area contributed by atoms with Crippen LogP contribution in [0.3, 0.4) is 0 Å². The maximum absolute atomic E-state index is 12.9. The molecule has 3 heterocycles. The Morgan fingerprint density at radius 1 is 1.33 bits per heavy atom. The van der Waals surface area contributed by atoms with Gasteiger partial charge in [-0.05, 0) is 19.4 Å². The molecule has 0 aromatic carbocycles. The van der Waals surface area contributed by atoms with Gasteiger partial charge in [-0.2, -0.15) is 18.3 Å². The van der Waals surface area contributed by atoms with Crippen molar-refractivity contribution in [3.8, 4) is 0 Å². The first kappa shape index (κ1) is 16.5. The fourth-order valence-electron chi connectivity index (χ4n) is 2.96. The third-order valence-electron chi connectivity index (χ3n) is 4.26. The number of alkyl halides is 3. The van der Waals surface area contributed by atoms with Crippen molar-refractivity contribution in [2.75, 3.05) is 6.54 Å². The van der Waals surface area contributed by atoms with E-state index in [2.05, 4.69) is 15.3 Å². The standard InChI is InChI=1S/C14H17F3N6O/c1-4-9-7-10(20-21(9)3)12(24)22-5-6-23-11(8(22)2)18-19-13(23)14(15,16)17/h7-8H,4-6H2,1-3H3. The monoisotopic (exact) mass is 342 g/mol. The largest absolute Gasteiger partial charge is 0.451 e. The lowest BCUT2D eigenvalue weighted by Crippen LogP contribution is -2.42. The van der Waals surface area contributed by atoms with Crippen molar-refractivity contribution < 1.29 is 18.0 Å². The summed E-state index contributed by atoms with van der Waals surface area (Å²) in [5.74, 6) is -1.21. The number of rotatable bonds is 2. The molecule has 0 aliphatic carbocycles. The van der Waals surface area contributed by atoms with E-state index in [0.717, 1.165) is 16.7 Å². The molecule has 0 fully saturated rings. The first-order valence-corrected chi connectivity index (χ1v) is 7.58. The van der Waals surface area contributed by atoms with E-state index < -0.39 is 18.0 Å². The number of carbonyl (C=O) groups is 1. The molecule has 10 heteroatoms. The maximum Gasteiger partial charge on any atom is 0.451 e. The smallest absolute Gasteiger partial charge is 0.325 e. The molecule has 0 saturated carbocycles. The van der Waals surface area contributed by atoms with Crippen LogP contribution in [0.4, 0.5) is 13.2 Å². The number of nitrogens with zero attached hydrogens (tertiary/aromatic N) is 6. The van der Waals surface area contributed by atoms with Crippen molar-refractivity contribution in [3.05, 3.63) is 29.1 Å². The summed E-state index contributed by atoms with van der Waals surface area (Å²) in [6.45, 7) is 3.74. The zero-order valence-electron chi connectivity index (χ0n) is 13.5. The van der Waals surface area contributed by atoms with Crippen LogP contribution in [-0.4, -0.2) is 41.9 Å². The summed E-state index contributed by atoms with van der Waals surface area (Å²) in [6, 6.07) is 1.09. The SMILES string of the molecule is CCc1cc(C(=O)N2CCn3c(nnc3C(F)(F)F)C2C)nn1C.